The van der Waals surface area contributed by atoms with E-state index in [9.17, 15) is 9.59 Å². The zero-order valence-corrected chi connectivity index (χ0v) is 12.2. The fraction of sp³-hybridized carbons (Fsp3) is 0.500. The number of ether oxygens (including phenoxy) is 1. The summed E-state index contributed by atoms with van der Waals surface area (Å²) in [6.45, 7) is 3.72. The van der Waals surface area contributed by atoms with E-state index in [2.05, 4.69) is 0 Å². The fourth-order valence-corrected chi connectivity index (χ4v) is 2.68. The van der Waals surface area contributed by atoms with E-state index in [-0.39, 0.29) is 18.2 Å². The quantitative estimate of drug-likeness (QED) is 0.874. The zero-order valence-electron chi connectivity index (χ0n) is 12.2. The van der Waals surface area contributed by atoms with Gasteiger partial charge in [-0.05, 0) is 37.8 Å². The van der Waals surface area contributed by atoms with E-state index >= 15 is 0 Å². The number of carbonyl (C=O) groups excluding carboxylic acids is 1. The standard InChI is InChI=1S/C16H21NO4/c1-2-21-14-6-4-3-5-13(14)16(20)17-10-9-12(11-17)7-8-15(18)19/h3-6,12H,2,7-11H2,1H3,(H,18,19). The molecule has 21 heavy (non-hydrogen) atoms. The number of rotatable bonds is 6. The van der Waals surface area contributed by atoms with Crippen LogP contribution in [0, 0.1) is 5.92 Å². The Kier molecular flexibility index (Phi) is 5.20. The number of amides is 1. The van der Waals surface area contributed by atoms with Crippen molar-refractivity contribution in [1.29, 1.82) is 0 Å². The number of hydrogen-bond donors (Lipinski definition) is 1. The molecule has 1 aliphatic heterocycles. The lowest BCUT2D eigenvalue weighted by Gasteiger charge is -2.18. The molecule has 0 radical (unpaired) electrons. The third kappa shape index (κ3) is 3.97. The first kappa shape index (κ1) is 15.4. The summed E-state index contributed by atoms with van der Waals surface area (Å²) < 4.78 is 5.50. The fourth-order valence-electron chi connectivity index (χ4n) is 2.68. The molecule has 1 fully saturated rings. The number of carboxylic acid groups (broad SMARTS) is 1. The van der Waals surface area contributed by atoms with Crippen LogP contribution in [0.3, 0.4) is 0 Å². The van der Waals surface area contributed by atoms with Crippen LogP contribution in [0.25, 0.3) is 0 Å². The van der Waals surface area contributed by atoms with Gasteiger partial charge in [0.1, 0.15) is 5.75 Å². The van der Waals surface area contributed by atoms with Gasteiger partial charge in [0.25, 0.3) is 5.91 Å². The van der Waals surface area contributed by atoms with E-state index in [0.29, 0.717) is 37.4 Å². The smallest absolute Gasteiger partial charge is 0.303 e. The van der Waals surface area contributed by atoms with Gasteiger partial charge in [0, 0.05) is 19.5 Å². The number of carboxylic acids is 1. The van der Waals surface area contributed by atoms with Gasteiger partial charge in [0.15, 0.2) is 0 Å². The van der Waals surface area contributed by atoms with Crippen LogP contribution in [-0.4, -0.2) is 41.6 Å². The van der Waals surface area contributed by atoms with Crippen molar-refractivity contribution in [3.63, 3.8) is 0 Å². The van der Waals surface area contributed by atoms with Gasteiger partial charge in [-0.3, -0.25) is 9.59 Å². The molecule has 0 bridgehead atoms. The maximum absolute atomic E-state index is 12.6. The van der Waals surface area contributed by atoms with Crippen LogP contribution in [0.15, 0.2) is 24.3 Å². The summed E-state index contributed by atoms with van der Waals surface area (Å²) in [4.78, 5) is 25.0. The first-order valence-electron chi connectivity index (χ1n) is 7.34. The van der Waals surface area contributed by atoms with Crippen LogP contribution < -0.4 is 4.74 Å². The van der Waals surface area contributed by atoms with Crippen molar-refractivity contribution >= 4 is 11.9 Å². The van der Waals surface area contributed by atoms with E-state index in [0.717, 1.165) is 6.42 Å². The topological polar surface area (TPSA) is 66.8 Å². The summed E-state index contributed by atoms with van der Waals surface area (Å²) in [5, 5.41) is 8.73. The average Bonchev–Trinajstić information content (AvgIpc) is 2.94. The summed E-state index contributed by atoms with van der Waals surface area (Å²) in [5.74, 6) is 0.0848. The van der Waals surface area contributed by atoms with Crippen molar-refractivity contribution in [2.75, 3.05) is 19.7 Å². The van der Waals surface area contributed by atoms with Crippen molar-refractivity contribution in [3.8, 4) is 5.75 Å². The summed E-state index contributed by atoms with van der Waals surface area (Å²) in [6, 6.07) is 7.25. The Labute approximate surface area is 124 Å². The molecular weight excluding hydrogens is 270 g/mol. The molecule has 2 rings (SSSR count). The Morgan fingerprint density at radius 3 is 2.86 bits per heavy atom. The minimum atomic E-state index is -0.776. The number of carbonyl (C=O) groups is 2. The first-order chi connectivity index (χ1) is 10.1. The molecule has 5 nitrogen and oxygen atoms in total. The van der Waals surface area contributed by atoms with Gasteiger partial charge in [-0.15, -0.1) is 0 Å². The summed E-state index contributed by atoms with van der Waals surface area (Å²) in [7, 11) is 0. The molecule has 5 heteroatoms. The van der Waals surface area contributed by atoms with Crippen molar-refractivity contribution in [1.82, 2.24) is 4.90 Å². The van der Waals surface area contributed by atoms with Crippen LogP contribution in [0.1, 0.15) is 36.5 Å². The molecule has 1 aromatic carbocycles. The van der Waals surface area contributed by atoms with E-state index in [1.54, 1.807) is 17.0 Å². The second-order valence-corrected chi connectivity index (χ2v) is 5.27. The minimum Gasteiger partial charge on any atom is -0.493 e. The van der Waals surface area contributed by atoms with Gasteiger partial charge in [-0.2, -0.15) is 0 Å². The van der Waals surface area contributed by atoms with Gasteiger partial charge in [0.2, 0.25) is 0 Å². The van der Waals surface area contributed by atoms with E-state index in [1.165, 1.54) is 0 Å². The van der Waals surface area contributed by atoms with Crippen molar-refractivity contribution in [3.05, 3.63) is 29.8 Å². The molecule has 1 N–H and O–H groups in total. The number of hydrogen-bond acceptors (Lipinski definition) is 3. The number of para-hydroxylation sites is 1. The SMILES string of the molecule is CCOc1ccccc1C(=O)N1CCC(CCC(=O)O)C1. The molecule has 1 heterocycles. The monoisotopic (exact) mass is 291 g/mol. The van der Waals surface area contributed by atoms with Crippen molar-refractivity contribution in [2.24, 2.45) is 5.92 Å². The lowest BCUT2D eigenvalue weighted by atomic mass is 10.0. The number of nitrogens with zero attached hydrogens (tertiary/aromatic N) is 1. The van der Waals surface area contributed by atoms with E-state index in [4.69, 9.17) is 9.84 Å². The molecule has 1 atom stereocenters. The molecule has 0 spiro atoms. The Hall–Kier alpha value is -2.04. The molecule has 1 saturated heterocycles. The Morgan fingerprint density at radius 1 is 1.38 bits per heavy atom. The van der Waals surface area contributed by atoms with E-state index < -0.39 is 5.97 Å². The van der Waals surface area contributed by atoms with Gasteiger partial charge in [0.05, 0.1) is 12.2 Å². The molecule has 0 aromatic heterocycles. The van der Waals surface area contributed by atoms with Crippen LogP contribution in [0.4, 0.5) is 0 Å². The maximum Gasteiger partial charge on any atom is 0.303 e. The van der Waals surface area contributed by atoms with Crippen LogP contribution >= 0.6 is 0 Å². The van der Waals surface area contributed by atoms with Crippen molar-refractivity contribution in [2.45, 2.75) is 26.2 Å². The highest BCUT2D eigenvalue weighted by Gasteiger charge is 2.28. The third-order valence-corrected chi connectivity index (χ3v) is 3.76. The molecule has 1 amide bonds. The first-order valence-corrected chi connectivity index (χ1v) is 7.34. The predicted molar refractivity (Wildman–Crippen MR) is 78.5 cm³/mol. The Morgan fingerprint density at radius 2 is 2.14 bits per heavy atom. The number of aliphatic carboxylic acids is 1. The largest absolute Gasteiger partial charge is 0.493 e. The minimum absolute atomic E-state index is 0.0307. The average molecular weight is 291 g/mol. The molecule has 0 aliphatic carbocycles. The number of likely N-dealkylation sites (tertiary alicyclic amines) is 1. The van der Waals surface area contributed by atoms with Crippen LogP contribution in [0.5, 0.6) is 5.75 Å². The maximum atomic E-state index is 12.6. The summed E-state index contributed by atoms with van der Waals surface area (Å²) >= 11 is 0. The lowest BCUT2D eigenvalue weighted by molar-refractivity contribution is -0.137. The Bertz CT molecular complexity index is 515. The van der Waals surface area contributed by atoms with Gasteiger partial charge >= 0.3 is 5.97 Å². The highest BCUT2D eigenvalue weighted by molar-refractivity contribution is 5.97. The second-order valence-electron chi connectivity index (χ2n) is 5.27. The van der Waals surface area contributed by atoms with Crippen molar-refractivity contribution < 1.29 is 19.4 Å². The molecule has 114 valence electrons. The van der Waals surface area contributed by atoms with Gasteiger partial charge in [-0.25, -0.2) is 0 Å². The molecule has 1 aromatic rings. The normalized spacial score (nSPS) is 17.8. The van der Waals surface area contributed by atoms with Crippen LogP contribution in [0.2, 0.25) is 0 Å². The predicted octanol–water partition coefficient (Wildman–Crippen LogP) is 2.41. The summed E-state index contributed by atoms with van der Waals surface area (Å²) in [5.41, 5.74) is 0.582. The Balaban J connectivity index is 2.00. The molecule has 1 aliphatic rings. The van der Waals surface area contributed by atoms with Gasteiger partial charge < -0.3 is 14.7 Å². The molecular formula is C16H21NO4. The molecule has 1 unspecified atom stereocenters. The number of benzene rings is 1. The summed E-state index contributed by atoms with van der Waals surface area (Å²) in [6.07, 6.45) is 1.67. The third-order valence-electron chi connectivity index (χ3n) is 3.76. The highest BCUT2D eigenvalue weighted by atomic mass is 16.5. The van der Waals surface area contributed by atoms with Crippen LogP contribution in [-0.2, 0) is 4.79 Å². The lowest BCUT2D eigenvalue weighted by Crippen LogP contribution is -2.29. The zero-order chi connectivity index (χ0) is 15.2. The molecule has 0 saturated carbocycles. The van der Waals surface area contributed by atoms with E-state index in [1.807, 2.05) is 19.1 Å². The van der Waals surface area contributed by atoms with Gasteiger partial charge in [-0.1, -0.05) is 12.1 Å². The highest BCUT2D eigenvalue weighted by Crippen LogP contribution is 2.26. The second kappa shape index (κ2) is 7.11.